The average molecular weight is 414 g/mol. The van der Waals surface area contributed by atoms with Crippen molar-refractivity contribution >= 4 is 5.69 Å². The molecule has 0 spiro atoms. The maximum absolute atomic E-state index is 10.3. The van der Waals surface area contributed by atoms with E-state index in [1.807, 2.05) is 45.3 Å². The number of phenolic OH excluding ortho intramolecular Hbond substituents is 2. The molecule has 0 atom stereocenters. The molecule has 0 aromatic heterocycles. The van der Waals surface area contributed by atoms with Crippen LogP contribution in [0.4, 0.5) is 5.69 Å². The van der Waals surface area contributed by atoms with Crippen molar-refractivity contribution in [2.75, 3.05) is 19.0 Å². The minimum Gasteiger partial charge on any atom is -0.508 e. The van der Waals surface area contributed by atoms with Gasteiger partial charge in [-0.2, -0.15) is 0 Å². The van der Waals surface area contributed by atoms with Crippen LogP contribution in [-0.2, 0) is 17.3 Å². The summed E-state index contributed by atoms with van der Waals surface area (Å²) >= 11 is 0. The Morgan fingerprint density at radius 3 is 1.73 bits per heavy atom. The molecule has 2 N–H and O–H groups in total. The zero-order chi connectivity index (χ0) is 23.3. The summed E-state index contributed by atoms with van der Waals surface area (Å²) in [6.07, 6.45) is 3.40. The number of anilines is 1. The van der Waals surface area contributed by atoms with Crippen molar-refractivity contribution in [1.29, 1.82) is 0 Å². The number of hydrogen-bond donors (Lipinski definition) is 2. The third kappa shape index (κ3) is 6.68. The molecular weight excluding hydrogens is 370 g/mol. The normalized spacial score (nSPS) is 11.7. The minimum absolute atomic E-state index is 0.00859. The summed E-state index contributed by atoms with van der Waals surface area (Å²) in [6, 6.07) is 9.81. The van der Waals surface area contributed by atoms with Crippen molar-refractivity contribution < 1.29 is 10.2 Å². The highest BCUT2D eigenvalue weighted by atomic mass is 16.3. The number of rotatable bonds is 4. The molecule has 0 amide bonds. The van der Waals surface area contributed by atoms with E-state index in [4.69, 9.17) is 0 Å². The topological polar surface area (TPSA) is 43.7 Å². The van der Waals surface area contributed by atoms with Gasteiger partial charge in [-0.3, -0.25) is 0 Å². The molecule has 0 saturated carbocycles. The lowest BCUT2D eigenvalue weighted by Gasteiger charge is -2.26. The van der Waals surface area contributed by atoms with Crippen molar-refractivity contribution in [2.45, 2.75) is 85.5 Å². The highest BCUT2D eigenvalue weighted by molar-refractivity contribution is 5.59. The Morgan fingerprint density at radius 1 is 0.833 bits per heavy atom. The standard InChI is InChI=1S/C14H22O.C13H21NO/c1-13(2,3)10-8-7-9-11(12(10)15)14(4,5)6;1-5-6-7-11-10(2)13(15)9-8-12(11)14(3)4/h7-9,15H,1-6H3;8-9,15H,5-7H2,1-4H3. The molecule has 3 heteroatoms. The van der Waals surface area contributed by atoms with Gasteiger partial charge in [0.2, 0.25) is 0 Å². The predicted octanol–water partition coefficient (Wildman–Crippen LogP) is 7.10. The summed E-state index contributed by atoms with van der Waals surface area (Å²) in [5.74, 6) is 0.865. The van der Waals surface area contributed by atoms with Gasteiger partial charge >= 0.3 is 0 Å². The fourth-order valence-electron chi connectivity index (χ4n) is 3.57. The molecule has 0 fully saturated rings. The Hall–Kier alpha value is -2.16. The van der Waals surface area contributed by atoms with E-state index in [1.165, 1.54) is 24.1 Å². The number of unbranched alkanes of at least 4 members (excludes halogenated alkanes) is 1. The van der Waals surface area contributed by atoms with Crippen LogP contribution < -0.4 is 4.90 Å². The first kappa shape index (κ1) is 25.9. The largest absolute Gasteiger partial charge is 0.508 e. The average Bonchev–Trinajstić information content (AvgIpc) is 2.61. The molecule has 0 unspecified atom stereocenters. The molecule has 0 aliphatic rings. The molecule has 0 bridgehead atoms. The quantitative estimate of drug-likeness (QED) is 0.562. The highest BCUT2D eigenvalue weighted by Crippen LogP contribution is 2.38. The van der Waals surface area contributed by atoms with Crippen LogP contribution in [0.1, 0.15) is 83.6 Å². The van der Waals surface area contributed by atoms with Gasteiger partial charge in [0.25, 0.3) is 0 Å². The summed E-state index contributed by atoms with van der Waals surface area (Å²) in [6.45, 7) is 16.9. The zero-order valence-electron chi connectivity index (χ0n) is 20.8. The molecule has 0 heterocycles. The maximum Gasteiger partial charge on any atom is 0.123 e. The van der Waals surface area contributed by atoms with E-state index < -0.39 is 0 Å². The Balaban J connectivity index is 0.000000300. The molecular formula is C27H43NO2. The van der Waals surface area contributed by atoms with Crippen LogP contribution in [0.5, 0.6) is 11.5 Å². The van der Waals surface area contributed by atoms with Gasteiger partial charge in [-0.25, -0.2) is 0 Å². The fraction of sp³-hybridized carbons (Fsp3) is 0.556. The number of aromatic hydroxyl groups is 2. The third-order valence-corrected chi connectivity index (χ3v) is 5.46. The fourth-order valence-corrected chi connectivity index (χ4v) is 3.57. The third-order valence-electron chi connectivity index (χ3n) is 5.46. The predicted molar refractivity (Wildman–Crippen MR) is 131 cm³/mol. The lowest BCUT2D eigenvalue weighted by atomic mass is 9.80. The minimum atomic E-state index is -0.00859. The smallest absolute Gasteiger partial charge is 0.123 e. The van der Waals surface area contributed by atoms with Crippen molar-refractivity contribution in [3.05, 3.63) is 52.6 Å². The van der Waals surface area contributed by atoms with Crippen molar-refractivity contribution in [3.63, 3.8) is 0 Å². The Labute approximate surface area is 184 Å². The Bertz CT molecular complexity index is 792. The molecule has 168 valence electrons. The van der Waals surface area contributed by atoms with E-state index in [9.17, 15) is 10.2 Å². The summed E-state index contributed by atoms with van der Waals surface area (Å²) in [5.41, 5.74) is 5.55. The second kappa shape index (κ2) is 10.2. The lowest BCUT2D eigenvalue weighted by Crippen LogP contribution is -2.16. The summed E-state index contributed by atoms with van der Waals surface area (Å²) in [7, 11) is 4.09. The monoisotopic (exact) mass is 413 g/mol. The first-order valence-electron chi connectivity index (χ1n) is 11.0. The maximum atomic E-state index is 10.3. The Kier molecular flexibility index (Phi) is 8.83. The van der Waals surface area contributed by atoms with Crippen LogP contribution in [0, 0.1) is 6.92 Å². The lowest BCUT2D eigenvalue weighted by molar-refractivity contribution is 0.423. The summed E-state index contributed by atoms with van der Waals surface area (Å²) in [5, 5.41) is 19.9. The van der Waals surface area contributed by atoms with Gasteiger partial charge < -0.3 is 15.1 Å². The molecule has 30 heavy (non-hydrogen) atoms. The van der Waals surface area contributed by atoms with E-state index in [0.29, 0.717) is 11.5 Å². The highest BCUT2D eigenvalue weighted by Gasteiger charge is 2.24. The first-order chi connectivity index (χ1) is 13.7. The van der Waals surface area contributed by atoms with Gasteiger partial charge in [0.15, 0.2) is 0 Å². The van der Waals surface area contributed by atoms with Crippen LogP contribution in [0.3, 0.4) is 0 Å². The Morgan fingerprint density at radius 2 is 1.33 bits per heavy atom. The van der Waals surface area contributed by atoms with Crippen molar-refractivity contribution in [2.24, 2.45) is 0 Å². The van der Waals surface area contributed by atoms with E-state index in [2.05, 4.69) is 53.4 Å². The van der Waals surface area contributed by atoms with E-state index in [0.717, 1.165) is 23.1 Å². The van der Waals surface area contributed by atoms with Crippen LogP contribution in [0.15, 0.2) is 30.3 Å². The van der Waals surface area contributed by atoms with Crippen LogP contribution in [0.2, 0.25) is 0 Å². The van der Waals surface area contributed by atoms with Crippen molar-refractivity contribution in [3.8, 4) is 11.5 Å². The van der Waals surface area contributed by atoms with Gasteiger partial charge in [-0.1, -0.05) is 73.1 Å². The van der Waals surface area contributed by atoms with Crippen LogP contribution >= 0.6 is 0 Å². The number of para-hydroxylation sites is 1. The zero-order valence-corrected chi connectivity index (χ0v) is 20.8. The second-order valence-electron chi connectivity index (χ2n) is 10.4. The van der Waals surface area contributed by atoms with Crippen LogP contribution in [0.25, 0.3) is 0 Å². The van der Waals surface area contributed by atoms with E-state index >= 15 is 0 Å². The molecule has 0 aliphatic heterocycles. The molecule has 0 radical (unpaired) electrons. The molecule has 0 saturated heterocycles. The van der Waals surface area contributed by atoms with Crippen molar-refractivity contribution in [1.82, 2.24) is 0 Å². The van der Waals surface area contributed by atoms with Gasteiger partial charge in [0.1, 0.15) is 11.5 Å². The molecule has 2 aromatic rings. The SMILES string of the molecule is CC(C)(C)c1cccc(C(C)(C)C)c1O.CCCCc1c(N(C)C)ccc(O)c1C. The first-order valence-corrected chi connectivity index (χ1v) is 11.0. The number of benzene rings is 2. The number of phenols is 2. The van der Waals surface area contributed by atoms with Gasteiger partial charge in [-0.05, 0) is 65.0 Å². The van der Waals surface area contributed by atoms with Gasteiger partial charge in [0, 0.05) is 19.8 Å². The number of hydrogen-bond acceptors (Lipinski definition) is 3. The summed E-state index contributed by atoms with van der Waals surface area (Å²) in [4.78, 5) is 2.11. The molecule has 0 aliphatic carbocycles. The molecule has 2 rings (SSSR count). The number of nitrogens with zero attached hydrogens (tertiary/aromatic N) is 1. The van der Waals surface area contributed by atoms with Crippen LogP contribution in [-0.4, -0.2) is 24.3 Å². The molecule has 2 aromatic carbocycles. The summed E-state index contributed by atoms with van der Waals surface area (Å²) < 4.78 is 0. The molecule has 3 nitrogen and oxygen atoms in total. The van der Waals surface area contributed by atoms with Gasteiger partial charge in [0.05, 0.1) is 0 Å². The second-order valence-corrected chi connectivity index (χ2v) is 10.4. The van der Waals surface area contributed by atoms with Gasteiger partial charge in [-0.15, -0.1) is 0 Å². The van der Waals surface area contributed by atoms with E-state index in [-0.39, 0.29) is 10.8 Å². The van der Waals surface area contributed by atoms with E-state index in [1.54, 1.807) is 6.07 Å².